The maximum atomic E-state index is 13.4. The molecular formula is C14H15BrFNO. The van der Waals surface area contributed by atoms with Crippen LogP contribution in [0.5, 0.6) is 0 Å². The van der Waals surface area contributed by atoms with Gasteiger partial charge in [-0.25, -0.2) is 4.39 Å². The largest absolute Gasteiger partial charge is 0.460 e. The fourth-order valence-corrected chi connectivity index (χ4v) is 1.83. The van der Waals surface area contributed by atoms with Crippen molar-refractivity contribution in [2.24, 2.45) is 0 Å². The van der Waals surface area contributed by atoms with Crippen LogP contribution in [0.25, 0.3) is 11.3 Å². The average molecular weight is 312 g/mol. The summed E-state index contributed by atoms with van der Waals surface area (Å²) in [6, 6.07) is 9.14. The highest BCUT2D eigenvalue weighted by molar-refractivity contribution is 9.10. The molecule has 2 rings (SSSR count). The maximum absolute atomic E-state index is 13.4. The molecule has 0 aliphatic rings. The van der Waals surface area contributed by atoms with E-state index in [1.165, 1.54) is 6.07 Å². The van der Waals surface area contributed by atoms with Gasteiger partial charge in [0.05, 0.1) is 11.0 Å². The zero-order valence-corrected chi connectivity index (χ0v) is 11.9. The standard InChI is InChI=1S/C14H15BrFNO/c1-9(2)17-8-11-4-6-14(18-11)10-3-5-12(15)13(16)7-10/h3-7,9,17H,8H2,1-2H3. The Morgan fingerprint density at radius 3 is 2.72 bits per heavy atom. The first-order valence-corrected chi connectivity index (χ1v) is 6.63. The molecule has 0 amide bonds. The fourth-order valence-electron chi connectivity index (χ4n) is 1.58. The van der Waals surface area contributed by atoms with E-state index in [1.807, 2.05) is 18.2 Å². The summed E-state index contributed by atoms with van der Waals surface area (Å²) in [5, 5.41) is 3.27. The second kappa shape index (κ2) is 5.67. The number of hydrogen-bond donors (Lipinski definition) is 1. The van der Waals surface area contributed by atoms with Crippen molar-refractivity contribution in [2.45, 2.75) is 26.4 Å². The van der Waals surface area contributed by atoms with Crippen LogP contribution in [-0.2, 0) is 6.54 Å². The molecule has 0 unspecified atom stereocenters. The lowest BCUT2D eigenvalue weighted by molar-refractivity contribution is 0.473. The number of benzene rings is 1. The van der Waals surface area contributed by atoms with Gasteiger partial charge in [0.2, 0.25) is 0 Å². The Balaban J connectivity index is 2.16. The van der Waals surface area contributed by atoms with E-state index in [0.29, 0.717) is 22.8 Å². The summed E-state index contributed by atoms with van der Waals surface area (Å²) >= 11 is 3.13. The van der Waals surface area contributed by atoms with Crippen molar-refractivity contribution in [2.75, 3.05) is 0 Å². The summed E-state index contributed by atoms with van der Waals surface area (Å²) in [6.07, 6.45) is 0. The van der Waals surface area contributed by atoms with E-state index >= 15 is 0 Å². The van der Waals surface area contributed by atoms with Gasteiger partial charge in [0.1, 0.15) is 17.3 Å². The number of furan rings is 1. The molecule has 18 heavy (non-hydrogen) atoms. The Morgan fingerprint density at radius 1 is 1.28 bits per heavy atom. The normalized spacial score (nSPS) is 11.2. The molecule has 2 nitrogen and oxygen atoms in total. The Morgan fingerprint density at radius 2 is 2.06 bits per heavy atom. The van der Waals surface area contributed by atoms with Crippen molar-refractivity contribution in [3.8, 4) is 11.3 Å². The molecule has 1 N–H and O–H groups in total. The van der Waals surface area contributed by atoms with Gasteiger partial charge in [-0.1, -0.05) is 13.8 Å². The summed E-state index contributed by atoms with van der Waals surface area (Å²) < 4.78 is 19.6. The lowest BCUT2D eigenvalue weighted by Crippen LogP contribution is -2.21. The molecule has 0 aliphatic heterocycles. The molecule has 0 spiro atoms. The molecule has 96 valence electrons. The third-order valence-corrected chi connectivity index (χ3v) is 3.19. The minimum absolute atomic E-state index is 0.286. The number of hydrogen-bond acceptors (Lipinski definition) is 2. The quantitative estimate of drug-likeness (QED) is 0.908. The molecule has 0 fully saturated rings. The second-order valence-electron chi connectivity index (χ2n) is 4.43. The smallest absolute Gasteiger partial charge is 0.138 e. The van der Waals surface area contributed by atoms with E-state index in [9.17, 15) is 4.39 Å². The minimum Gasteiger partial charge on any atom is -0.460 e. The van der Waals surface area contributed by atoms with Crippen LogP contribution in [0.4, 0.5) is 4.39 Å². The van der Waals surface area contributed by atoms with E-state index in [-0.39, 0.29) is 5.82 Å². The van der Waals surface area contributed by atoms with Crippen LogP contribution in [-0.4, -0.2) is 6.04 Å². The summed E-state index contributed by atoms with van der Waals surface area (Å²) in [5.74, 6) is 1.25. The van der Waals surface area contributed by atoms with Crippen LogP contribution >= 0.6 is 15.9 Å². The zero-order valence-electron chi connectivity index (χ0n) is 10.3. The Bertz CT molecular complexity index is 536. The van der Waals surface area contributed by atoms with E-state index in [0.717, 1.165) is 11.3 Å². The van der Waals surface area contributed by atoms with E-state index < -0.39 is 0 Å². The van der Waals surface area contributed by atoms with Gasteiger partial charge in [0, 0.05) is 11.6 Å². The van der Waals surface area contributed by atoms with Gasteiger partial charge in [-0.2, -0.15) is 0 Å². The predicted octanol–water partition coefficient (Wildman–Crippen LogP) is 4.35. The van der Waals surface area contributed by atoms with Crippen LogP contribution in [0.3, 0.4) is 0 Å². The molecule has 0 aliphatic carbocycles. The molecule has 0 bridgehead atoms. The first kappa shape index (κ1) is 13.3. The van der Waals surface area contributed by atoms with E-state index in [1.54, 1.807) is 6.07 Å². The van der Waals surface area contributed by atoms with Crippen LogP contribution in [0, 0.1) is 5.82 Å². The Kier molecular flexibility index (Phi) is 4.19. The van der Waals surface area contributed by atoms with Crippen molar-refractivity contribution in [1.29, 1.82) is 0 Å². The average Bonchev–Trinajstić information content (AvgIpc) is 2.79. The van der Waals surface area contributed by atoms with Crippen molar-refractivity contribution < 1.29 is 8.81 Å². The van der Waals surface area contributed by atoms with Crippen LogP contribution < -0.4 is 5.32 Å². The lowest BCUT2D eigenvalue weighted by Gasteiger charge is -2.05. The zero-order chi connectivity index (χ0) is 13.1. The van der Waals surface area contributed by atoms with Crippen LogP contribution in [0.15, 0.2) is 39.2 Å². The van der Waals surface area contributed by atoms with Crippen molar-refractivity contribution >= 4 is 15.9 Å². The summed E-state index contributed by atoms with van der Waals surface area (Å²) in [4.78, 5) is 0. The van der Waals surface area contributed by atoms with Crippen LogP contribution in [0.1, 0.15) is 19.6 Å². The topological polar surface area (TPSA) is 25.2 Å². The van der Waals surface area contributed by atoms with Gasteiger partial charge in [0.15, 0.2) is 0 Å². The number of halogens is 2. The lowest BCUT2D eigenvalue weighted by atomic mass is 10.2. The molecule has 1 aromatic heterocycles. The highest BCUT2D eigenvalue weighted by Crippen LogP contribution is 2.26. The molecule has 1 heterocycles. The van der Waals surface area contributed by atoms with Gasteiger partial charge in [-0.3, -0.25) is 0 Å². The molecule has 4 heteroatoms. The Hall–Kier alpha value is -1.13. The third kappa shape index (κ3) is 3.21. The molecule has 0 radical (unpaired) electrons. The van der Waals surface area contributed by atoms with E-state index in [4.69, 9.17) is 4.42 Å². The molecule has 0 saturated heterocycles. The van der Waals surface area contributed by atoms with Gasteiger partial charge >= 0.3 is 0 Å². The fraction of sp³-hybridized carbons (Fsp3) is 0.286. The summed E-state index contributed by atoms with van der Waals surface area (Å²) in [6.45, 7) is 4.83. The van der Waals surface area contributed by atoms with Crippen molar-refractivity contribution in [3.05, 3.63) is 46.4 Å². The SMILES string of the molecule is CC(C)NCc1ccc(-c2ccc(Br)c(F)c2)o1. The molecule has 0 saturated carbocycles. The molecule has 1 aromatic carbocycles. The molecule has 2 aromatic rings. The second-order valence-corrected chi connectivity index (χ2v) is 5.28. The molecule has 0 atom stereocenters. The van der Waals surface area contributed by atoms with Gasteiger partial charge in [-0.15, -0.1) is 0 Å². The predicted molar refractivity (Wildman–Crippen MR) is 73.8 cm³/mol. The maximum Gasteiger partial charge on any atom is 0.138 e. The summed E-state index contributed by atoms with van der Waals surface area (Å²) in [5.41, 5.74) is 0.742. The first-order chi connectivity index (χ1) is 8.56. The van der Waals surface area contributed by atoms with Gasteiger partial charge in [0.25, 0.3) is 0 Å². The number of nitrogens with one attached hydrogen (secondary N) is 1. The van der Waals surface area contributed by atoms with E-state index in [2.05, 4.69) is 35.1 Å². The van der Waals surface area contributed by atoms with Crippen LogP contribution in [0.2, 0.25) is 0 Å². The van der Waals surface area contributed by atoms with Gasteiger partial charge < -0.3 is 9.73 Å². The number of rotatable bonds is 4. The summed E-state index contributed by atoms with van der Waals surface area (Å²) in [7, 11) is 0. The molecular weight excluding hydrogens is 297 g/mol. The highest BCUT2D eigenvalue weighted by Gasteiger charge is 2.07. The van der Waals surface area contributed by atoms with Gasteiger partial charge in [-0.05, 0) is 46.3 Å². The Labute approximate surface area is 114 Å². The first-order valence-electron chi connectivity index (χ1n) is 5.84. The van der Waals surface area contributed by atoms with Crippen molar-refractivity contribution in [3.63, 3.8) is 0 Å². The monoisotopic (exact) mass is 311 g/mol. The highest BCUT2D eigenvalue weighted by atomic mass is 79.9. The van der Waals surface area contributed by atoms with Crippen molar-refractivity contribution in [1.82, 2.24) is 5.32 Å². The third-order valence-electron chi connectivity index (χ3n) is 2.55. The minimum atomic E-state index is -0.286.